The molecular weight excluding hydrogens is 402 g/mol. The van der Waals surface area contributed by atoms with Gasteiger partial charge in [0.15, 0.2) is 0 Å². The van der Waals surface area contributed by atoms with E-state index >= 15 is 0 Å². The lowest BCUT2D eigenvalue weighted by molar-refractivity contribution is 0.0956. The molecule has 1 aliphatic rings. The number of amides is 1. The summed E-state index contributed by atoms with van der Waals surface area (Å²) in [5, 5.41) is 2.95. The van der Waals surface area contributed by atoms with E-state index in [4.69, 9.17) is 0 Å². The van der Waals surface area contributed by atoms with Crippen LogP contribution in [0, 0.1) is 0 Å². The average Bonchev–Trinajstić information content (AvgIpc) is 2.80. The minimum absolute atomic E-state index is 0.0476. The van der Waals surface area contributed by atoms with Crippen LogP contribution >= 0.6 is 43.2 Å². The van der Waals surface area contributed by atoms with Crippen molar-refractivity contribution < 1.29 is 4.79 Å². The number of carbonyl (C=O) groups is 1. The first kappa shape index (κ1) is 14.3. The van der Waals surface area contributed by atoms with Gasteiger partial charge in [0.05, 0.1) is 8.61 Å². The van der Waals surface area contributed by atoms with Crippen molar-refractivity contribution in [1.82, 2.24) is 5.32 Å². The summed E-state index contributed by atoms with van der Waals surface area (Å²) in [4.78, 5) is 13.4. The molecule has 1 unspecified atom stereocenters. The summed E-state index contributed by atoms with van der Waals surface area (Å²) in [5.41, 5.74) is 3.09. The van der Waals surface area contributed by atoms with Gasteiger partial charge in [-0.1, -0.05) is 28.1 Å². The Hall–Kier alpha value is -0.650. The minimum Gasteiger partial charge on any atom is -0.352 e. The van der Waals surface area contributed by atoms with Crippen molar-refractivity contribution in [2.45, 2.75) is 17.7 Å². The van der Waals surface area contributed by atoms with Gasteiger partial charge in [0, 0.05) is 17.0 Å². The van der Waals surface area contributed by atoms with Crippen molar-refractivity contribution in [1.29, 1.82) is 0 Å². The van der Waals surface area contributed by atoms with Crippen LogP contribution in [0.5, 0.6) is 0 Å². The Kier molecular flexibility index (Phi) is 4.29. The highest BCUT2D eigenvalue weighted by Gasteiger charge is 2.19. The number of carbonyl (C=O) groups excluding carboxylic acids is 1. The Morgan fingerprint density at radius 1 is 1.25 bits per heavy atom. The molecule has 104 valence electrons. The van der Waals surface area contributed by atoms with Crippen molar-refractivity contribution in [3.63, 3.8) is 0 Å². The van der Waals surface area contributed by atoms with E-state index in [-0.39, 0.29) is 10.7 Å². The first-order chi connectivity index (χ1) is 9.65. The van der Waals surface area contributed by atoms with E-state index in [0.717, 1.165) is 39.9 Å². The average molecular weight is 415 g/mol. The fourth-order valence-corrected chi connectivity index (χ4v) is 4.53. The summed E-state index contributed by atoms with van der Waals surface area (Å²) < 4.78 is 1.12. The molecule has 2 nitrogen and oxygen atoms in total. The van der Waals surface area contributed by atoms with Gasteiger partial charge in [0.25, 0.3) is 5.91 Å². The second kappa shape index (κ2) is 6.00. The van der Waals surface area contributed by atoms with E-state index < -0.39 is 0 Å². The number of fused-ring (bicyclic) bond motifs is 1. The number of rotatable bonds is 2. The van der Waals surface area contributed by atoms with Crippen LogP contribution in [0.3, 0.4) is 0 Å². The van der Waals surface area contributed by atoms with Gasteiger partial charge in [-0.2, -0.15) is 0 Å². The number of benzene rings is 1. The highest BCUT2D eigenvalue weighted by Crippen LogP contribution is 2.37. The molecule has 0 radical (unpaired) electrons. The summed E-state index contributed by atoms with van der Waals surface area (Å²) in [6, 6.07) is 10.4. The molecule has 3 rings (SSSR count). The Morgan fingerprint density at radius 3 is 2.85 bits per heavy atom. The summed E-state index contributed by atoms with van der Waals surface area (Å²) in [6.45, 7) is 0.762. The van der Waals surface area contributed by atoms with E-state index in [9.17, 15) is 4.79 Å². The Morgan fingerprint density at radius 2 is 2.10 bits per heavy atom. The number of hydrogen-bond acceptors (Lipinski definition) is 2. The van der Waals surface area contributed by atoms with Crippen molar-refractivity contribution in [2.24, 2.45) is 0 Å². The quantitative estimate of drug-likeness (QED) is 0.710. The van der Waals surface area contributed by atoms with Crippen LogP contribution in [0.2, 0.25) is 0 Å². The molecule has 1 N–H and O–H groups in total. The van der Waals surface area contributed by atoms with Crippen LogP contribution in [-0.2, 0) is 6.42 Å². The van der Waals surface area contributed by atoms with Crippen LogP contribution in [0.4, 0.5) is 0 Å². The van der Waals surface area contributed by atoms with Crippen LogP contribution in [0.1, 0.15) is 37.6 Å². The molecule has 2 aromatic rings. The summed E-state index contributed by atoms with van der Waals surface area (Å²) >= 11 is 8.92. The van der Waals surface area contributed by atoms with E-state index in [1.807, 2.05) is 12.1 Å². The van der Waals surface area contributed by atoms with Crippen molar-refractivity contribution in [3.8, 4) is 0 Å². The monoisotopic (exact) mass is 413 g/mol. The molecular formula is C15H13Br2NOS. The third-order valence-electron chi connectivity index (χ3n) is 3.42. The third-order valence-corrected chi connectivity index (χ3v) is 6.44. The first-order valence-electron chi connectivity index (χ1n) is 6.45. The molecule has 0 fully saturated rings. The van der Waals surface area contributed by atoms with E-state index in [1.165, 1.54) is 4.88 Å². The van der Waals surface area contributed by atoms with Gasteiger partial charge in [0.1, 0.15) is 0 Å². The fraction of sp³-hybridized carbons (Fsp3) is 0.267. The predicted octanol–water partition coefficient (Wildman–Crippen LogP) is 4.67. The van der Waals surface area contributed by atoms with Crippen LogP contribution in [0.15, 0.2) is 34.1 Å². The highest BCUT2D eigenvalue weighted by molar-refractivity contribution is 9.11. The zero-order chi connectivity index (χ0) is 14.1. The van der Waals surface area contributed by atoms with Crippen molar-refractivity contribution >= 4 is 49.1 Å². The molecule has 1 atom stereocenters. The second-order valence-electron chi connectivity index (χ2n) is 4.78. The zero-order valence-electron chi connectivity index (χ0n) is 10.7. The Bertz CT molecular complexity index is 653. The summed E-state index contributed by atoms with van der Waals surface area (Å²) in [6.07, 6.45) is 1.97. The molecule has 5 heteroatoms. The molecule has 0 saturated heterocycles. The van der Waals surface area contributed by atoms with Gasteiger partial charge in [-0.05, 0) is 58.1 Å². The number of aryl methyl sites for hydroxylation is 1. The second-order valence-corrected chi connectivity index (χ2v) is 8.19. The molecule has 2 heterocycles. The topological polar surface area (TPSA) is 29.1 Å². The maximum atomic E-state index is 12.1. The van der Waals surface area contributed by atoms with E-state index in [1.54, 1.807) is 11.3 Å². The zero-order valence-corrected chi connectivity index (χ0v) is 14.6. The number of nitrogens with one attached hydrogen (secondary N) is 1. The molecule has 1 aliphatic heterocycles. The van der Waals surface area contributed by atoms with Gasteiger partial charge >= 0.3 is 0 Å². The summed E-state index contributed by atoms with van der Waals surface area (Å²) in [7, 11) is 0. The van der Waals surface area contributed by atoms with Crippen LogP contribution < -0.4 is 5.32 Å². The largest absolute Gasteiger partial charge is 0.352 e. The Balaban J connectivity index is 1.97. The van der Waals surface area contributed by atoms with Gasteiger partial charge < -0.3 is 5.32 Å². The number of halogens is 2. The molecule has 1 amide bonds. The molecule has 0 spiro atoms. The number of alkyl halides is 1. The standard InChI is InChI=1S/C15H13Br2NOS/c16-13-6-5-12(20-13)14(17)10-4-3-9-2-1-7-18-15(19)11(9)8-10/h3-6,8,14H,1-2,7H2,(H,18,19). The number of hydrogen-bond donors (Lipinski definition) is 1. The maximum Gasteiger partial charge on any atom is 0.251 e. The highest BCUT2D eigenvalue weighted by atomic mass is 79.9. The SMILES string of the molecule is O=C1NCCCc2ccc(C(Br)c3ccc(Br)s3)cc21. The maximum absolute atomic E-state index is 12.1. The molecule has 0 aliphatic carbocycles. The van der Waals surface area contributed by atoms with E-state index in [2.05, 4.69) is 55.4 Å². The smallest absolute Gasteiger partial charge is 0.251 e. The van der Waals surface area contributed by atoms with Crippen molar-refractivity contribution in [3.05, 3.63) is 55.7 Å². The van der Waals surface area contributed by atoms with Gasteiger partial charge in [-0.3, -0.25) is 4.79 Å². The molecule has 20 heavy (non-hydrogen) atoms. The summed E-state index contributed by atoms with van der Waals surface area (Å²) in [5.74, 6) is 0.0476. The van der Waals surface area contributed by atoms with E-state index in [0.29, 0.717) is 0 Å². The van der Waals surface area contributed by atoms with Crippen LogP contribution in [0.25, 0.3) is 0 Å². The van der Waals surface area contributed by atoms with Gasteiger partial charge in [-0.15, -0.1) is 11.3 Å². The molecule has 1 aromatic carbocycles. The first-order valence-corrected chi connectivity index (χ1v) is 8.98. The van der Waals surface area contributed by atoms with Gasteiger partial charge in [-0.25, -0.2) is 0 Å². The van der Waals surface area contributed by atoms with Crippen LogP contribution in [-0.4, -0.2) is 12.5 Å². The third kappa shape index (κ3) is 2.85. The lowest BCUT2D eigenvalue weighted by Gasteiger charge is -2.12. The molecule has 0 bridgehead atoms. The molecule has 1 aromatic heterocycles. The predicted molar refractivity (Wildman–Crippen MR) is 89.9 cm³/mol. The fourth-order valence-electron chi connectivity index (χ4n) is 2.39. The minimum atomic E-state index is 0.0476. The lowest BCUT2D eigenvalue weighted by atomic mass is 9.99. The lowest BCUT2D eigenvalue weighted by Crippen LogP contribution is -2.22. The normalized spacial score (nSPS) is 16.2. The van der Waals surface area contributed by atoms with Gasteiger partial charge in [0.2, 0.25) is 0 Å². The Labute approximate surface area is 138 Å². The van der Waals surface area contributed by atoms with Crippen molar-refractivity contribution in [2.75, 3.05) is 6.54 Å². The molecule has 0 saturated carbocycles. The number of thiophene rings is 1.